The van der Waals surface area contributed by atoms with E-state index < -0.39 is 0 Å². The summed E-state index contributed by atoms with van der Waals surface area (Å²) in [5, 5.41) is 11.3. The minimum absolute atomic E-state index is 0.708. The summed E-state index contributed by atoms with van der Waals surface area (Å²) in [4.78, 5) is 4.37. The third-order valence-corrected chi connectivity index (χ3v) is 4.70. The molecule has 0 aliphatic carbocycles. The third-order valence-electron chi connectivity index (χ3n) is 4.47. The Morgan fingerprint density at radius 2 is 1.73 bits per heavy atom. The lowest BCUT2D eigenvalue weighted by atomic mass is 10.1. The number of benzene rings is 3. The average molecular weight is 362 g/mol. The van der Waals surface area contributed by atoms with Crippen LogP contribution in [0, 0.1) is 0 Å². The van der Waals surface area contributed by atoms with Crippen molar-refractivity contribution in [3.63, 3.8) is 0 Å². The van der Waals surface area contributed by atoms with Crippen molar-refractivity contribution in [3.8, 4) is 0 Å². The van der Waals surface area contributed by atoms with E-state index in [0.29, 0.717) is 5.02 Å². The van der Waals surface area contributed by atoms with E-state index in [9.17, 15) is 0 Å². The molecule has 1 heterocycles. The standard InChI is InChI=1S/C22H20ClN3/c23-19-7-8-20-21(9-10-25-22(20)14-19)26-12-11-24-15-16-5-6-17-3-1-2-4-18(17)13-16/h1-10,13-14,24H,11-12,15H2,(H,25,26). The molecule has 4 rings (SSSR count). The first-order valence-corrected chi connectivity index (χ1v) is 9.14. The largest absolute Gasteiger partial charge is 0.383 e. The predicted octanol–water partition coefficient (Wildman–Crippen LogP) is 5.24. The summed E-state index contributed by atoms with van der Waals surface area (Å²) in [6.45, 7) is 2.58. The van der Waals surface area contributed by atoms with Crippen LogP contribution in [0.4, 0.5) is 5.69 Å². The Labute approximate surface area is 158 Å². The van der Waals surface area contributed by atoms with E-state index in [-0.39, 0.29) is 0 Å². The van der Waals surface area contributed by atoms with Crippen LogP contribution in [0.2, 0.25) is 5.02 Å². The fourth-order valence-electron chi connectivity index (χ4n) is 3.14. The average Bonchev–Trinajstić information content (AvgIpc) is 2.67. The van der Waals surface area contributed by atoms with E-state index in [0.717, 1.165) is 36.2 Å². The van der Waals surface area contributed by atoms with Gasteiger partial charge in [0.15, 0.2) is 0 Å². The zero-order valence-corrected chi connectivity index (χ0v) is 15.1. The van der Waals surface area contributed by atoms with E-state index in [1.807, 2.05) is 30.5 Å². The molecule has 0 amide bonds. The number of nitrogens with one attached hydrogen (secondary N) is 2. The molecule has 0 bridgehead atoms. The second kappa shape index (κ2) is 7.73. The Balaban J connectivity index is 1.32. The van der Waals surface area contributed by atoms with Crippen molar-refractivity contribution in [2.24, 2.45) is 0 Å². The van der Waals surface area contributed by atoms with Crippen LogP contribution in [-0.4, -0.2) is 18.1 Å². The van der Waals surface area contributed by atoms with Gasteiger partial charge in [-0.05, 0) is 46.7 Å². The lowest BCUT2D eigenvalue weighted by Gasteiger charge is -2.11. The van der Waals surface area contributed by atoms with Crippen LogP contribution in [0.3, 0.4) is 0 Å². The summed E-state index contributed by atoms with van der Waals surface area (Å²) in [5.74, 6) is 0. The van der Waals surface area contributed by atoms with Gasteiger partial charge in [0, 0.05) is 41.9 Å². The highest BCUT2D eigenvalue weighted by atomic mass is 35.5. The van der Waals surface area contributed by atoms with Crippen LogP contribution in [0.5, 0.6) is 0 Å². The molecule has 0 atom stereocenters. The molecule has 1 aromatic heterocycles. The second-order valence-corrected chi connectivity index (χ2v) is 6.74. The quantitative estimate of drug-likeness (QED) is 0.461. The van der Waals surface area contributed by atoms with Crippen molar-refractivity contribution < 1.29 is 0 Å². The van der Waals surface area contributed by atoms with E-state index in [2.05, 4.69) is 58.1 Å². The molecule has 0 fully saturated rings. The van der Waals surface area contributed by atoms with Crippen molar-refractivity contribution >= 4 is 39.0 Å². The fourth-order valence-corrected chi connectivity index (χ4v) is 3.31. The number of hydrogen-bond acceptors (Lipinski definition) is 3. The summed E-state index contributed by atoms with van der Waals surface area (Å²) in [5.41, 5.74) is 3.29. The highest BCUT2D eigenvalue weighted by molar-refractivity contribution is 6.31. The zero-order chi connectivity index (χ0) is 17.8. The summed E-state index contributed by atoms with van der Waals surface area (Å²) in [6, 6.07) is 22.9. The number of rotatable bonds is 6. The van der Waals surface area contributed by atoms with Gasteiger partial charge in [-0.2, -0.15) is 0 Å². The van der Waals surface area contributed by atoms with E-state index in [4.69, 9.17) is 11.6 Å². The molecule has 4 aromatic rings. The van der Waals surface area contributed by atoms with Gasteiger partial charge < -0.3 is 10.6 Å². The van der Waals surface area contributed by atoms with Crippen molar-refractivity contribution in [1.29, 1.82) is 0 Å². The third kappa shape index (κ3) is 3.79. The van der Waals surface area contributed by atoms with Crippen molar-refractivity contribution in [3.05, 3.63) is 83.5 Å². The molecular weight excluding hydrogens is 342 g/mol. The van der Waals surface area contributed by atoms with Crippen LogP contribution < -0.4 is 10.6 Å². The molecule has 3 nitrogen and oxygen atoms in total. The van der Waals surface area contributed by atoms with Crippen LogP contribution in [0.15, 0.2) is 72.9 Å². The molecule has 130 valence electrons. The van der Waals surface area contributed by atoms with Gasteiger partial charge >= 0.3 is 0 Å². The molecule has 3 aromatic carbocycles. The second-order valence-electron chi connectivity index (χ2n) is 6.31. The van der Waals surface area contributed by atoms with Gasteiger partial charge in [0.25, 0.3) is 0 Å². The van der Waals surface area contributed by atoms with Crippen LogP contribution >= 0.6 is 11.6 Å². The Morgan fingerprint density at radius 3 is 2.65 bits per heavy atom. The number of hydrogen-bond donors (Lipinski definition) is 2. The van der Waals surface area contributed by atoms with Gasteiger partial charge in [-0.3, -0.25) is 4.98 Å². The Hall–Kier alpha value is -2.62. The molecule has 0 saturated heterocycles. The number of fused-ring (bicyclic) bond motifs is 2. The summed E-state index contributed by atoms with van der Waals surface area (Å²) in [7, 11) is 0. The molecule has 0 unspecified atom stereocenters. The van der Waals surface area contributed by atoms with Gasteiger partial charge in [-0.15, -0.1) is 0 Å². The Kier molecular flexibility index (Phi) is 5.00. The Bertz CT molecular complexity index is 1050. The predicted molar refractivity (Wildman–Crippen MR) is 111 cm³/mol. The first-order chi connectivity index (χ1) is 12.8. The molecule has 0 aliphatic heterocycles. The molecule has 4 heteroatoms. The maximum atomic E-state index is 6.04. The number of aromatic nitrogens is 1. The lowest BCUT2D eigenvalue weighted by molar-refractivity contribution is 0.707. The van der Waals surface area contributed by atoms with Crippen molar-refractivity contribution in [2.75, 3.05) is 18.4 Å². The monoisotopic (exact) mass is 361 g/mol. The zero-order valence-electron chi connectivity index (χ0n) is 14.4. The number of nitrogens with zero attached hydrogens (tertiary/aromatic N) is 1. The first kappa shape index (κ1) is 16.8. The van der Waals surface area contributed by atoms with Gasteiger partial charge in [0.1, 0.15) is 0 Å². The van der Waals surface area contributed by atoms with Crippen LogP contribution in [0.1, 0.15) is 5.56 Å². The molecule has 26 heavy (non-hydrogen) atoms. The topological polar surface area (TPSA) is 37.0 Å². The maximum Gasteiger partial charge on any atom is 0.0737 e. The number of pyridine rings is 1. The van der Waals surface area contributed by atoms with Gasteiger partial charge in [-0.25, -0.2) is 0 Å². The molecule has 0 aliphatic rings. The molecule has 0 saturated carbocycles. The van der Waals surface area contributed by atoms with Gasteiger partial charge in [0.05, 0.1) is 5.52 Å². The summed E-state index contributed by atoms with van der Waals surface area (Å²) in [6.07, 6.45) is 1.81. The van der Waals surface area contributed by atoms with Gasteiger partial charge in [-0.1, -0.05) is 48.0 Å². The van der Waals surface area contributed by atoms with Crippen molar-refractivity contribution in [1.82, 2.24) is 10.3 Å². The van der Waals surface area contributed by atoms with Crippen LogP contribution in [0.25, 0.3) is 21.7 Å². The highest BCUT2D eigenvalue weighted by Gasteiger charge is 2.02. The SMILES string of the molecule is Clc1ccc2c(NCCNCc3ccc4ccccc4c3)ccnc2c1. The van der Waals surface area contributed by atoms with E-state index in [1.165, 1.54) is 16.3 Å². The van der Waals surface area contributed by atoms with Gasteiger partial charge in [0.2, 0.25) is 0 Å². The normalized spacial score (nSPS) is 11.1. The molecule has 2 N–H and O–H groups in total. The molecular formula is C22H20ClN3. The molecule has 0 radical (unpaired) electrons. The van der Waals surface area contributed by atoms with E-state index in [1.54, 1.807) is 0 Å². The minimum atomic E-state index is 0.708. The summed E-state index contributed by atoms with van der Waals surface area (Å²) >= 11 is 6.04. The first-order valence-electron chi connectivity index (χ1n) is 8.76. The minimum Gasteiger partial charge on any atom is -0.383 e. The maximum absolute atomic E-state index is 6.04. The van der Waals surface area contributed by atoms with E-state index >= 15 is 0 Å². The number of halogens is 1. The molecule has 0 spiro atoms. The number of anilines is 1. The van der Waals surface area contributed by atoms with Crippen LogP contribution in [-0.2, 0) is 6.54 Å². The lowest BCUT2D eigenvalue weighted by Crippen LogP contribution is -2.21. The Morgan fingerprint density at radius 1 is 0.846 bits per heavy atom. The van der Waals surface area contributed by atoms with Crippen molar-refractivity contribution in [2.45, 2.75) is 6.54 Å². The smallest absolute Gasteiger partial charge is 0.0737 e. The highest BCUT2D eigenvalue weighted by Crippen LogP contribution is 2.24. The fraction of sp³-hybridized carbons (Fsp3) is 0.136. The summed E-state index contributed by atoms with van der Waals surface area (Å²) < 4.78 is 0.